The molecular weight excluding hydrogens is 402 g/mol. The quantitative estimate of drug-likeness (QED) is 0.433. The number of nitro groups is 1. The highest BCUT2D eigenvalue weighted by atomic mass is 16.6. The highest BCUT2D eigenvalue weighted by Gasteiger charge is 2.26. The van der Waals surface area contributed by atoms with E-state index < -0.39 is 4.92 Å². The molecule has 1 fully saturated rings. The summed E-state index contributed by atoms with van der Waals surface area (Å²) in [5, 5.41) is 15.8. The molecule has 0 atom stereocenters. The maximum absolute atomic E-state index is 11.6. The summed E-state index contributed by atoms with van der Waals surface area (Å²) in [6.07, 6.45) is 6.84. The maximum atomic E-state index is 11.6. The monoisotopic (exact) mass is 425 g/mol. The molecule has 0 N–H and O–H groups in total. The number of nitro benzene ring substituents is 1. The van der Waals surface area contributed by atoms with Gasteiger partial charge in [0.25, 0.3) is 0 Å². The van der Waals surface area contributed by atoms with Crippen LogP contribution >= 0.6 is 0 Å². The number of nitrogens with zero attached hydrogens (tertiary/aromatic N) is 7. The molecular formula is C20H23N7O4. The standard InChI is InChI=1S/C20H23N7O4/c1-24-13-14(10-22-24)15-8-17(27(28)29)18(30-2)9-16(15)25-4-6-26(7-5-25)19-11-21-12-20(23-19)31-3/h8-13H,4-7H2,1-3H3. The van der Waals surface area contributed by atoms with Gasteiger partial charge in [-0.05, 0) is 0 Å². The number of anilines is 2. The van der Waals surface area contributed by atoms with Crippen LogP contribution in [-0.4, -0.2) is 65.1 Å². The van der Waals surface area contributed by atoms with Gasteiger partial charge in [0, 0.05) is 68.4 Å². The molecule has 1 aliphatic rings. The fourth-order valence-corrected chi connectivity index (χ4v) is 3.68. The average molecular weight is 425 g/mol. The van der Waals surface area contributed by atoms with Crippen molar-refractivity contribution >= 4 is 17.2 Å². The Morgan fingerprint density at radius 2 is 1.77 bits per heavy atom. The highest BCUT2D eigenvalue weighted by Crippen LogP contribution is 2.40. The summed E-state index contributed by atoms with van der Waals surface area (Å²) in [7, 11) is 4.82. The molecule has 162 valence electrons. The molecule has 0 saturated carbocycles. The van der Waals surface area contributed by atoms with Crippen LogP contribution in [0.5, 0.6) is 11.6 Å². The van der Waals surface area contributed by atoms with Crippen molar-refractivity contribution in [1.29, 1.82) is 0 Å². The molecule has 1 aromatic carbocycles. The Morgan fingerprint density at radius 1 is 1.03 bits per heavy atom. The number of ether oxygens (including phenoxy) is 2. The molecule has 11 heteroatoms. The molecule has 11 nitrogen and oxygen atoms in total. The first-order chi connectivity index (χ1) is 15.0. The number of piperazine rings is 1. The Bertz CT molecular complexity index is 1090. The van der Waals surface area contributed by atoms with Crippen molar-refractivity contribution in [2.45, 2.75) is 0 Å². The molecule has 2 aromatic heterocycles. The topological polar surface area (TPSA) is 112 Å². The molecule has 0 radical (unpaired) electrons. The van der Waals surface area contributed by atoms with Crippen molar-refractivity contribution in [2.75, 3.05) is 50.2 Å². The molecule has 4 rings (SSSR count). The Hall–Kier alpha value is -3.89. The Morgan fingerprint density at radius 3 is 2.39 bits per heavy atom. The second-order valence-corrected chi connectivity index (χ2v) is 7.09. The fourth-order valence-electron chi connectivity index (χ4n) is 3.68. The Balaban J connectivity index is 1.65. The molecule has 1 saturated heterocycles. The number of hydrogen-bond acceptors (Lipinski definition) is 9. The van der Waals surface area contributed by atoms with E-state index in [0.29, 0.717) is 32.1 Å². The van der Waals surface area contributed by atoms with Crippen LogP contribution in [-0.2, 0) is 7.05 Å². The van der Waals surface area contributed by atoms with Crippen molar-refractivity contribution in [3.8, 4) is 22.8 Å². The van der Waals surface area contributed by atoms with Gasteiger partial charge in [-0.25, -0.2) is 0 Å². The van der Waals surface area contributed by atoms with E-state index in [1.807, 2.05) is 13.2 Å². The number of hydrogen-bond donors (Lipinski definition) is 0. The molecule has 3 heterocycles. The first-order valence-electron chi connectivity index (χ1n) is 9.71. The van der Waals surface area contributed by atoms with Crippen LogP contribution in [0.1, 0.15) is 0 Å². The molecule has 0 bridgehead atoms. The van der Waals surface area contributed by atoms with Gasteiger partial charge in [-0.2, -0.15) is 10.1 Å². The maximum Gasteiger partial charge on any atom is 0.311 e. The minimum atomic E-state index is -0.429. The summed E-state index contributed by atoms with van der Waals surface area (Å²) >= 11 is 0. The predicted octanol–water partition coefficient (Wildman–Crippen LogP) is 2.13. The third kappa shape index (κ3) is 4.06. The van der Waals surface area contributed by atoms with Gasteiger partial charge in [0.2, 0.25) is 5.88 Å². The van der Waals surface area contributed by atoms with Crippen molar-refractivity contribution < 1.29 is 14.4 Å². The van der Waals surface area contributed by atoms with Crippen LogP contribution in [0.3, 0.4) is 0 Å². The van der Waals surface area contributed by atoms with E-state index in [1.165, 1.54) is 7.11 Å². The van der Waals surface area contributed by atoms with E-state index >= 15 is 0 Å². The lowest BCUT2D eigenvalue weighted by Crippen LogP contribution is -2.47. The molecule has 0 spiro atoms. The lowest BCUT2D eigenvalue weighted by Gasteiger charge is -2.37. The normalized spacial score (nSPS) is 13.9. The van der Waals surface area contributed by atoms with Crippen molar-refractivity contribution in [3.05, 3.63) is 47.0 Å². The summed E-state index contributed by atoms with van der Waals surface area (Å²) in [5.74, 6) is 1.46. The molecule has 0 unspecified atom stereocenters. The van der Waals surface area contributed by atoms with E-state index in [0.717, 1.165) is 22.6 Å². The van der Waals surface area contributed by atoms with Gasteiger partial charge in [-0.1, -0.05) is 0 Å². The van der Waals surface area contributed by atoms with E-state index in [4.69, 9.17) is 9.47 Å². The third-order valence-electron chi connectivity index (χ3n) is 5.26. The first-order valence-corrected chi connectivity index (χ1v) is 9.71. The number of aryl methyl sites for hydroxylation is 1. The van der Waals surface area contributed by atoms with Gasteiger partial charge in [-0.3, -0.25) is 19.8 Å². The minimum Gasteiger partial charge on any atom is -0.490 e. The van der Waals surface area contributed by atoms with E-state index in [9.17, 15) is 10.1 Å². The zero-order valence-electron chi connectivity index (χ0n) is 17.6. The van der Waals surface area contributed by atoms with Crippen molar-refractivity contribution in [1.82, 2.24) is 19.7 Å². The fraction of sp³-hybridized carbons (Fsp3) is 0.350. The van der Waals surface area contributed by atoms with Gasteiger partial charge in [-0.15, -0.1) is 0 Å². The van der Waals surface area contributed by atoms with Gasteiger partial charge in [0.1, 0.15) is 0 Å². The van der Waals surface area contributed by atoms with Gasteiger partial charge >= 0.3 is 5.69 Å². The first kappa shape index (κ1) is 20.4. The summed E-state index contributed by atoms with van der Waals surface area (Å²) in [4.78, 5) is 24.1. The van der Waals surface area contributed by atoms with Crippen molar-refractivity contribution in [3.63, 3.8) is 0 Å². The lowest BCUT2D eigenvalue weighted by molar-refractivity contribution is -0.385. The van der Waals surface area contributed by atoms with Crippen LogP contribution in [0.2, 0.25) is 0 Å². The van der Waals surface area contributed by atoms with Crippen LogP contribution in [0.15, 0.2) is 36.9 Å². The SMILES string of the molecule is COc1cncc(N2CCN(c3cc(OC)c([N+](=O)[O-])cc3-c3cnn(C)c3)CC2)n1. The summed E-state index contributed by atoms with van der Waals surface area (Å²) in [6.45, 7) is 2.83. The van der Waals surface area contributed by atoms with Crippen molar-refractivity contribution in [2.24, 2.45) is 7.05 Å². The van der Waals surface area contributed by atoms with Gasteiger partial charge < -0.3 is 19.3 Å². The van der Waals surface area contributed by atoms with E-state index in [1.54, 1.807) is 42.5 Å². The minimum absolute atomic E-state index is 0.0737. The average Bonchev–Trinajstić information content (AvgIpc) is 3.24. The smallest absolute Gasteiger partial charge is 0.311 e. The number of rotatable bonds is 6. The van der Waals surface area contributed by atoms with Gasteiger partial charge in [0.05, 0.1) is 37.7 Å². The van der Waals surface area contributed by atoms with Crippen LogP contribution < -0.4 is 19.3 Å². The third-order valence-corrected chi connectivity index (χ3v) is 5.26. The summed E-state index contributed by atoms with van der Waals surface area (Å²) in [5.41, 5.74) is 2.35. The highest BCUT2D eigenvalue weighted by molar-refractivity contribution is 5.82. The number of benzene rings is 1. The largest absolute Gasteiger partial charge is 0.490 e. The molecule has 0 aliphatic carbocycles. The number of aromatic nitrogens is 4. The van der Waals surface area contributed by atoms with Crippen LogP contribution in [0.25, 0.3) is 11.1 Å². The Kier molecular flexibility index (Phi) is 5.56. The second-order valence-electron chi connectivity index (χ2n) is 7.09. The zero-order valence-corrected chi connectivity index (χ0v) is 17.6. The van der Waals surface area contributed by atoms with E-state index in [2.05, 4.69) is 24.9 Å². The zero-order chi connectivity index (χ0) is 22.0. The van der Waals surface area contributed by atoms with Gasteiger partial charge in [0.15, 0.2) is 11.6 Å². The summed E-state index contributed by atoms with van der Waals surface area (Å²) < 4.78 is 12.2. The van der Waals surface area contributed by atoms with E-state index in [-0.39, 0.29) is 11.4 Å². The lowest BCUT2D eigenvalue weighted by atomic mass is 10.0. The molecule has 3 aromatic rings. The Labute approximate surface area is 179 Å². The summed E-state index contributed by atoms with van der Waals surface area (Å²) in [6, 6.07) is 3.30. The molecule has 1 aliphatic heterocycles. The van der Waals surface area contributed by atoms with Crippen LogP contribution in [0, 0.1) is 10.1 Å². The second kappa shape index (κ2) is 8.46. The molecule has 0 amide bonds. The van der Waals surface area contributed by atoms with Crippen LogP contribution in [0.4, 0.5) is 17.2 Å². The molecule has 31 heavy (non-hydrogen) atoms. The number of methoxy groups -OCH3 is 2. The predicted molar refractivity (Wildman–Crippen MR) is 115 cm³/mol.